The van der Waals surface area contributed by atoms with Crippen molar-refractivity contribution in [1.29, 1.82) is 0 Å². The zero-order valence-corrected chi connectivity index (χ0v) is 12.6. The van der Waals surface area contributed by atoms with Crippen LogP contribution in [0.15, 0.2) is 0 Å². The van der Waals surface area contributed by atoms with E-state index in [1.807, 2.05) is 0 Å². The highest BCUT2D eigenvalue weighted by atomic mass is 16.2. The van der Waals surface area contributed by atoms with Crippen molar-refractivity contribution >= 4 is 5.91 Å². The standard InChI is InChI=1S/C15H29N3O/c1-11(2)8-12(9-16)15(19)18-7-6-13-4-5-14(10-18)17(13)3/h11-14H,4-10,16H2,1-3H3. The largest absolute Gasteiger partial charge is 0.341 e. The first-order valence-electron chi connectivity index (χ1n) is 7.73. The van der Waals surface area contributed by atoms with E-state index in [1.165, 1.54) is 12.8 Å². The molecule has 110 valence electrons. The second-order valence-electron chi connectivity index (χ2n) is 6.69. The Morgan fingerprint density at radius 3 is 2.58 bits per heavy atom. The first-order chi connectivity index (χ1) is 9.02. The van der Waals surface area contributed by atoms with E-state index in [2.05, 4.69) is 30.7 Å². The second kappa shape index (κ2) is 6.23. The van der Waals surface area contributed by atoms with E-state index in [-0.39, 0.29) is 11.8 Å². The molecule has 0 aromatic heterocycles. The van der Waals surface area contributed by atoms with E-state index in [1.54, 1.807) is 0 Å². The molecule has 2 aliphatic rings. The van der Waals surface area contributed by atoms with Crippen molar-refractivity contribution in [1.82, 2.24) is 9.80 Å². The molecule has 0 radical (unpaired) electrons. The molecule has 2 aliphatic heterocycles. The summed E-state index contributed by atoms with van der Waals surface area (Å²) in [6.45, 7) is 6.62. The molecule has 2 N–H and O–H groups in total. The normalized spacial score (nSPS) is 29.6. The number of rotatable bonds is 4. The zero-order valence-electron chi connectivity index (χ0n) is 12.6. The van der Waals surface area contributed by atoms with Crippen molar-refractivity contribution in [3.8, 4) is 0 Å². The van der Waals surface area contributed by atoms with Crippen LogP contribution in [0, 0.1) is 11.8 Å². The Hall–Kier alpha value is -0.610. The van der Waals surface area contributed by atoms with Crippen LogP contribution in [0.5, 0.6) is 0 Å². The van der Waals surface area contributed by atoms with E-state index < -0.39 is 0 Å². The molecular weight excluding hydrogens is 238 g/mol. The van der Waals surface area contributed by atoms with Crippen LogP contribution in [0.2, 0.25) is 0 Å². The quantitative estimate of drug-likeness (QED) is 0.835. The lowest BCUT2D eigenvalue weighted by atomic mass is 9.95. The van der Waals surface area contributed by atoms with E-state index in [9.17, 15) is 4.79 Å². The highest BCUT2D eigenvalue weighted by Gasteiger charge is 2.37. The van der Waals surface area contributed by atoms with Gasteiger partial charge in [0.1, 0.15) is 0 Å². The fourth-order valence-corrected chi connectivity index (χ4v) is 3.63. The van der Waals surface area contributed by atoms with Gasteiger partial charge in [-0.15, -0.1) is 0 Å². The lowest BCUT2D eigenvalue weighted by molar-refractivity contribution is -0.136. The molecule has 3 unspecified atom stereocenters. The molecule has 2 heterocycles. The molecular formula is C15H29N3O. The molecule has 0 saturated carbocycles. The fraction of sp³-hybridized carbons (Fsp3) is 0.933. The predicted octanol–water partition coefficient (Wildman–Crippen LogP) is 1.30. The second-order valence-corrected chi connectivity index (χ2v) is 6.69. The first kappa shape index (κ1) is 14.8. The molecule has 0 spiro atoms. The van der Waals surface area contributed by atoms with Crippen LogP contribution in [-0.2, 0) is 4.79 Å². The summed E-state index contributed by atoms with van der Waals surface area (Å²) in [4.78, 5) is 17.2. The Labute approximate surface area is 117 Å². The van der Waals surface area contributed by atoms with E-state index in [0.717, 1.165) is 25.9 Å². The SMILES string of the molecule is CC(C)CC(CN)C(=O)N1CCC2CCC(C1)N2C. The molecule has 4 heteroatoms. The summed E-state index contributed by atoms with van der Waals surface area (Å²) >= 11 is 0. The molecule has 2 saturated heterocycles. The van der Waals surface area contributed by atoms with Gasteiger partial charge in [0.2, 0.25) is 5.91 Å². The minimum atomic E-state index is 0.0157. The van der Waals surface area contributed by atoms with Crippen molar-refractivity contribution in [2.45, 2.75) is 51.6 Å². The molecule has 0 aromatic carbocycles. The van der Waals surface area contributed by atoms with Crippen LogP contribution in [0.4, 0.5) is 0 Å². The number of nitrogens with zero attached hydrogens (tertiary/aromatic N) is 2. The molecule has 19 heavy (non-hydrogen) atoms. The van der Waals surface area contributed by atoms with Crippen LogP contribution in [0.25, 0.3) is 0 Å². The van der Waals surface area contributed by atoms with Gasteiger partial charge in [-0.3, -0.25) is 9.69 Å². The summed E-state index contributed by atoms with van der Waals surface area (Å²) in [7, 11) is 2.21. The number of hydrogen-bond donors (Lipinski definition) is 1. The van der Waals surface area contributed by atoms with Crippen LogP contribution in [-0.4, -0.2) is 54.5 Å². The van der Waals surface area contributed by atoms with Crippen LogP contribution >= 0.6 is 0 Å². The molecule has 0 aliphatic carbocycles. The van der Waals surface area contributed by atoms with Crippen molar-refractivity contribution in [2.75, 3.05) is 26.7 Å². The Kier molecular flexibility index (Phi) is 4.85. The van der Waals surface area contributed by atoms with Crippen molar-refractivity contribution in [3.63, 3.8) is 0 Å². The van der Waals surface area contributed by atoms with Gasteiger partial charge in [0.05, 0.1) is 5.92 Å². The van der Waals surface area contributed by atoms with Gasteiger partial charge in [0, 0.05) is 31.7 Å². The topological polar surface area (TPSA) is 49.6 Å². The average molecular weight is 267 g/mol. The number of amides is 1. The number of likely N-dealkylation sites (tertiary alicyclic amines) is 1. The van der Waals surface area contributed by atoms with E-state index >= 15 is 0 Å². The van der Waals surface area contributed by atoms with E-state index in [4.69, 9.17) is 5.73 Å². The van der Waals surface area contributed by atoms with Crippen LogP contribution in [0.3, 0.4) is 0 Å². The average Bonchev–Trinajstić information content (AvgIpc) is 2.59. The third-order valence-corrected chi connectivity index (χ3v) is 4.85. The summed E-state index contributed by atoms with van der Waals surface area (Å²) in [6, 6.07) is 1.25. The number of hydrogen-bond acceptors (Lipinski definition) is 3. The van der Waals surface area contributed by atoms with Crippen molar-refractivity contribution < 1.29 is 4.79 Å². The van der Waals surface area contributed by atoms with Gasteiger partial charge in [0.25, 0.3) is 0 Å². The summed E-state index contributed by atoms with van der Waals surface area (Å²) < 4.78 is 0. The highest BCUT2D eigenvalue weighted by Crippen LogP contribution is 2.29. The van der Waals surface area contributed by atoms with Crippen molar-refractivity contribution in [3.05, 3.63) is 0 Å². The van der Waals surface area contributed by atoms with Crippen LogP contribution in [0.1, 0.15) is 39.5 Å². The van der Waals surface area contributed by atoms with Gasteiger partial charge in [-0.1, -0.05) is 13.8 Å². The molecule has 3 atom stereocenters. The maximum absolute atomic E-state index is 12.6. The van der Waals surface area contributed by atoms with Gasteiger partial charge in [-0.2, -0.15) is 0 Å². The van der Waals surface area contributed by atoms with Gasteiger partial charge < -0.3 is 10.6 Å². The smallest absolute Gasteiger partial charge is 0.227 e. The highest BCUT2D eigenvalue weighted by molar-refractivity contribution is 5.79. The Morgan fingerprint density at radius 2 is 1.95 bits per heavy atom. The molecule has 2 bridgehead atoms. The minimum absolute atomic E-state index is 0.0157. The Morgan fingerprint density at radius 1 is 1.26 bits per heavy atom. The first-order valence-corrected chi connectivity index (χ1v) is 7.73. The summed E-state index contributed by atoms with van der Waals surface area (Å²) in [5.74, 6) is 0.836. The minimum Gasteiger partial charge on any atom is -0.341 e. The fourth-order valence-electron chi connectivity index (χ4n) is 3.63. The Balaban J connectivity index is 1.99. The predicted molar refractivity (Wildman–Crippen MR) is 77.8 cm³/mol. The van der Waals surface area contributed by atoms with Gasteiger partial charge in [-0.05, 0) is 38.6 Å². The third-order valence-electron chi connectivity index (χ3n) is 4.85. The molecule has 2 rings (SSSR count). The third kappa shape index (κ3) is 3.29. The summed E-state index contributed by atoms with van der Waals surface area (Å²) in [5, 5.41) is 0. The maximum atomic E-state index is 12.6. The zero-order chi connectivity index (χ0) is 14.0. The lowest BCUT2D eigenvalue weighted by Crippen LogP contribution is -2.44. The maximum Gasteiger partial charge on any atom is 0.227 e. The number of likely N-dealkylation sites (N-methyl/N-ethyl adjacent to an activating group) is 1. The van der Waals surface area contributed by atoms with E-state index in [0.29, 0.717) is 24.5 Å². The van der Waals surface area contributed by atoms with Gasteiger partial charge in [-0.25, -0.2) is 0 Å². The summed E-state index contributed by atoms with van der Waals surface area (Å²) in [5.41, 5.74) is 5.81. The molecule has 1 amide bonds. The van der Waals surface area contributed by atoms with Crippen molar-refractivity contribution in [2.24, 2.45) is 17.6 Å². The number of carbonyl (C=O) groups excluding carboxylic acids is 1. The number of nitrogens with two attached hydrogens (primary N) is 1. The molecule has 2 fully saturated rings. The number of carbonyl (C=O) groups is 1. The molecule has 4 nitrogen and oxygen atoms in total. The number of fused-ring (bicyclic) bond motifs is 2. The van der Waals surface area contributed by atoms with Gasteiger partial charge >= 0.3 is 0 Å². The Bertz CT molecular complexity index is 319. The molecule has 0 aromatic rings. The van der Waals surface area contributed by atoms with Crippen LogP contribution < -0.4 is 5.73 Å². The summed E-state index contributed by atoms with van der Waals surface area (Å²) in [6.07, 6.45) is 4.57. The lowest BCUT2D eigenvalue weighted by Gasteiger charge is -2.29. The van der Waals surface area contributed by atoms with Gasteiger partial charge in [0.15, 0.2) is 0 Å². The monoisotopic (exact) mass is 267 g/mol.